The number of hydrogen-bond acceptors (Lipinski definition) is 2. The van der Waals surface area contributed by atoms with Crippen LogP contribution in [0.3, 0.4) is 0 Å². The summed E-state index contributed by atoms with van der Waals surface area (Å²) in [6, 6.07) is 15.4. The predicted octanol–water partition coefficient (Wildman–Crippen LogP) is 4.42. The molecule has 114 valence electrons. The van der Waals surface area contributed by atoms with Gasteiger partial charge in [0.25, 0.3) is 0 Å². The van der Waals surface area contributed by atoms with Gasteiger partial charge in [0.2, 0.25) is 0 Å². The summed E-state index contributed by atoms with van der Waals surface area (Å²) in [6.07, 6.45) is 1.04. The summed E-state index contributed by atoms with van der Waals surface area (Å²) >= 11 is 4.59. The van der Waals surface area contributed by atoms with Crippen LogP contribution in [0.15, 0.2) is 47.4 Å². The third kappa shape index (κ3) is 2.43. The number of H-pyrrole nitrogens is 1. The average Bonchev–Trinajstić information content (AvgIpc) is 2.88. The molecule has 0 saturated carbocycles. The van der Waals surface area contributed by atoms with Crippen LogP contribution in [0.4, 0.5) is 0 Å². The monoisotopic (exact) mass is 330 g/mol. The van der Waals surface area contributed by atoms with Crippen molar-refractivity contribution in [2.45, 2.75) is 24.3 Å². The van der Waals surface area contributed by atoms with Crippen molar-refractivity contribution in [2.75, 3.05) is 6.54 Å². The second-order valence-electron chi connectivity index (χ2n) is 5.76. The van der Waals surface area contributed by atoms with E-state index in [0.29, 0.717) is 0 Å². The Kier molecular flexibility index (Phi) is 4.22. The van der Waals surface area contributed by atoms with Gasteiger partial charge in [-0.3, -0.25) is 0 Å². The van der Waals surface area contributed by atoms with Gasteiger partial charge < -0.3 is 10.3 Å². The molecule has 3 aromatic rings. The first-order chi connectivity index (χ1) is 10.2. The molecule has 1 aliphatic heterocycles. The van der Waals surface area contributed by atoms with Crippen LogP contribution in [0, 0.1) is 6.92 Å². The fourth-order valence-corrected chi connectivity index (χ4v) is 3.55. The molecule has 0 radical (unpaired) electrons. The number of hydrogen-bond donors (Lipinski definition) is 3. The summed E-state index contributed by atoms with van der Waals surface area (Å²) in [5.41, 5.74) is 6.51. The van der Waals surface area contributed by atoms with Gasteiger partial charge in [-0.25, -0.2) is 0 Å². The lowest BCUT2D eigenvalue weighted by molar-refractivity contribution is 0.567. The zero-order valence-electron chi connectivity index (χ0n) is 12.4. The second-order valence-corrected chi connectivity index (χ2v) is 6.25. The van der Waals surface area contributed by atoms with Gasteiger partial charge in [0.05, 0.1) is 11.6 Å². The minimum Gasteiger partial charge on any atom is -0.357 e. The quantitative estimate of drug-likeness (QED) is 0.566. The summed E-state index contributed by atoms with van der Waals surface area (Å²) in [7, 11) is 0. The molecule has 1 aliphatic rings. The number of halogens is 1. The predicted molar refractivity (Wildman–Crippen MR) is 97.5 cm³/mol. The smallest absolute Gasteiger partial charge is 0.0600 e. The van der Waals surface area contributed by atoms with Crippen molar-refractivity contribution in [2.24, 2.45) is 0 Å². The van der Waals surface area contributed by atoms with Crippen LogP contribution in [0.2, 0.25) is 0 Å². The third-order valence-electron chi connectivity index (χ3n) is 4.36. The van der Waals surface area contributed by atoms with Gasteiger partial charge in [0, 0.05) is 34.5 Å². The van der Waals surface area contributed by atoms with Crippen molar-refractivity contribution in [3.05, 3.63) is 64.8 Å². The highest BCUT2D eigenvalue weighted by molar-refractivity contribution is 7.80. The van der Waals surface area contributed by atoms with Crippen molar-refractivity contribution in [1.82, 2.24) is 10.3 Å². The average molecular weight is 331 g/mol. The molecule has 1 atom stereocenters. The van der Waals surface area contributed by atoms with E-state index in [-0.39, 0.29) is 18.4 Å². The van der Waals surface area contributed by atoms with Crippen LogP contribution in [0.25, 0.3) is 10.9 Å². The summed E-state index contributed by atoms with van der Waals surface area (Å²) in [6.45, 7) is 3.13. The molecule has 4 heteroatoms. The van der Waals surface area contributed by atoms with E-state index in [1.54, 1.807) is 0 Å². The number of aromatic amines is 1. The number of para-hydroxylation sites is 1. The molecule has 2 heterocycles. The highest BCUT2D eigenvalue weighted by atomic mass is 35.5. The lowest BCUT2D eigenvalue weighted by Crippen LogP contribution is -2.30. The SMILES string of the molecule is Cc1ccc(C2NCCc3[nH]c4c(S)cccc4c32)cc1.Cl. The number of benzene rings is 2. The van der Waals surface area contributed by atoms with Crippen molar-refractivity contribution < 1.29 is 0 Å². The van der Waals surface area contributed by atoms with Gasteiger partial charge >= 0.3 is 0 Å². The molecule has 2 nitrogen and oxygen atoms in total. The maximum Gasteiger partial charge on any atom is 0.0600 e. The molecule has 22 heavy (non-hydrogen) atoms. The molecule has 4 rings (SSSR count). The molecule has 2 aromatic carbocycles. The lowest BCUT2D eigenvalue weighted by atomic mass is 9.92. The van der Waals surface area contributed by atoms with Crippen molar-refractivity contribution >= 4 is 35.9 Å². The van der Waals surface area contributed by atoms with Gasteiger partial charge in [0.1, 0.15) is 0 Å². The van der Waals surface area contributed by atoms with E-state index in [1.165, 1.54) is 27.8 Å². The summed E-state index contributed by atoms with van der Waals surface area (Å²) < 4.78 is 0. The molecular weight excluding hydrogens is 312 g/mol. The Labute approximate surface area is 142 Å². The van der Waals surface area contributed by atoms with Crippen LogP contribution in [-0.2, 0) is 6.42 Å². The van der Waals surface area contributed by atoms with Crippen LogP contribution in [-0.4, -0.2) is 11.5 Å². The van der Waals surface area contributed by atoms with E-state index < -0.39 is 0 Å². The topological polar surface area (TPSA) is 27.8 Å². The Bertz CT molecular complexity index is 808. The molecule has 0 amide bonds. The minimum atomic E-state index is 0. The Morgan fingerprint density at radius 3 is 2.64 bits per heavy atom. The molecule has 0 aliphatic carbocycles. The van der Waals surface area contributed by atoms with Crippen molar-refractivity contribution in [1.29, 1.82) is 0 Å². The molecule has 1 aromatic heterocycles. The van der Waals surface area contributed by atoms with E-state index in [9.17, 15) is 0 Å². The lowest BCUT2D eigenvalue weighted by Gasteiger charge is -2.25. The Morgan fingerprint density at radius 2 is 1.86 bits per heavy atom. The molecule has 0 fully saturated rings. The maximum absolute atomic E-state index is 4.59. The number of aromatic nitrogens is 1. The Hall–Kier alpha value is -1.42. The van der Waals surface area contributed by atoms with Crippen molar-refractivity contribution in [3.8, 4) is 0 Å². The highest BCUT2D eigenvalue weighted by Crippen LogP contribution is 2.36. The van der Waals surface area contributed by atoms with E-state index in [1.807, 2.05) is 6.07 Å². The molecule has 1 unspecified atom stereocenters. The van der Waals surface area contributed by atoms with E-state index in [4.69, 9.17) is 0 Å². The van der Waals surface area contributed by atoms with E-state index in [0.717, 1.165) is 23.4 Å². The molecule has 2 N–H and O–H groups in total. The minimum absolute atomic E-state index is 0. The summed E-state index contributed by atoms with van der Waals surface area (Å²) in [5.74, 6) is 0. The second kappa shape index (κ2) is 5.99. The van der Waals surface area contributed by atoms with Crippen LogP contribution >= 0.6 is 25.0 Å². The number of thiol groups is 1. The zero-order valence-corrected chi connectivity index (χ0v) is 14.1. The number of nitrogens with one attached hydrogen (secondary N) is 2. The standard InChI is InChI=1S/C18H18N2S.ClH/c1-11-5-7-12(8-6-11)17-16-13-3-2-4-15(21)18(13)20-14(16)9-10-19-17;/h2-8,17,19-21H,9-10H2,1H3;1H. The van der Waals surface area contributed by atoms with Gasteiger partial charge in [-0.15, -0.1) is 25.0 Å². The summed E-state index contributed by atoms with van der Waals surface area (Å²) in [5, 5.41) is 4.95. The first kappa shape index (κ1) is 15.5. The molecule has 0 bridgehead atoms. The molecule has 0 spiro atoms. The van der Waals surface area contributed by atoms with Crippen LogP contribution in [0.5, 0.6) is 0 Å². The normalized spacial score (nSPS) is 17.1. The Balaban J connectivity index is 0.00000144. The van der Waals surface area contributed by atoms with Gasteiger partial charge in [0.15, 0.2) is 0 Å². The number of rotatable bonds is 1. The van der Waals surface area contributed by atoms with Crippen LogP contribution < -0.4 is 5.32 Å². The first-order valence-corrected chi connectivity index (χ1v) is 7.81. The van der Waals surface area contributed by atoms with Gasteiger partial charge in [-0.05, 0) is 18.6 Å². The molecule has 0 saturated heterocycles. The third-order valence-corrected chi connectivity index (χ3v) is 4.73. The van der Waals surface area contributed by atoms with Crippen LogP contribution in [0.1, 0.15) is 28.4 Å². The Morgan fingerprint density at radius 1 is 1.09 bits per heavy atom. The maximum atomic E-state index is 4.59. The fourth-order valence-electron chi connectivity index (χ4n) is 3.29. The van der Waals surface area contributed by atoms with E-state index >= 15 is 0 Å². The van der Waals surface area contributed by atoms with Gasteiger partial charge in [-0.1, -0.05) is 42.0 Å². The highest BCUT2D eigenvalue weighted by Gasteiger charge is 2.25. The number of fused-ring (bicyclic) bond motifs is 3. The fraction of sp³-hybridized carbons (Fsp3) is 0.222. The summed E-state index contributed by atoms with van der Waals surface area (Å²) in [4.78, 5) is 4.60. The number of aryl methyl sites for hydroxylation is 1. The first-order valence-electron chi connectivity index (χ1n) is 7.36. The zero-order chi connectivity index (χ0) is 14.4. The van der Waals surface area contributed by atoms with E-state index in [2.05, 4.69) is 66.3 Å². The van der Waals surface area contributed by atoms with Gasteiger partial charge in [-0.2, -0.15) is 0 Å². The molecular formula is C18H19ClN2S. The van der Waals surface area contributed by atoms with Crippen molar-refractivity contribution in [3.63, 3.8) is 0 Å². The largest absolute Gasteiger partial charge is 0.357 e.